The molecule has 0 aliphatic heterocycles. The van der Waals surface area contributed by atoms with Gasteiger partial charge in [-0.1, -0.05) is 19.1 Å². The Hall–Kier alpha value is -3.08. The average molecular weight is 321 g/mol. The van der Waals surface area contributed by atoms with Crippen molar-refractivity contribution in [3.05, 3.63) is 70.6 Å². The molecule has 2 aromatic carbocycles. The summed E-state index contributed by atoms with van der Waals surface area (Å²) >= 11 is 0. The number of aryl methyl sites for hydroxylation is 1. The maximum Gasteiger partial charge on any atom is 0.336 e. The van der Waals surface area contributed by atoms with Gasteiger partial charge in [0.1, 0.15) is 5.58 Å². The zero-order valence-electron chi connectivity index (χ0n) is 13.7. The fraction of sp³-hybridized carbons (Fsp3) is 0.158. The first kappa shape index (κ1) is 15.8. The van der Waals surface area contributed by atoms with Crippen molar-refractivity contribution in [3.8, 4) is 0 Å². The first-order chi connectivity index (χ1) is 11.6. The highest BCUT2D eigenvalue weighted by molar-refractivity contribution is 5.96. The van der Waals surface area contributed by atoms with E-state index in [1.54, 1.807) is 18.2 Å². The van der Waals surface area contributed by atoms with Crippen molar-refractivity contribution in [2.45, 2.75) is 13.3 Å². The summed E-state index contributed by atoms with van der Waals surface area (Å²) < 4.78 is 5.12. The van der Waals surface area contributed by atoms with Crippen molar-refractivity contribution in [3.63, 3.8) is 0 Å². The Kier molecular flexibility index (Phi) is 4.33. The van der Waals surface area contributed by atoms with Gasteiger partial charge in [0, 0.05) is 24.2 Å². The molecule has 0 amide bonds. The lowest BCUT2D eigenvalue weighted by atomic mass is 10.1. The minimum absolute atomic E-state index is 0.367. The van der Waals surface area contributed by atoms with E-state index in [4.69, 9.17) is 10.2 Å². The smallest absolute Gasteiger partial charge is 0.336 e. The van der Waals surface area contributed by atoms with Crippen LogP contribution in [0.25, 0.3) is 11.0 Å². The second-order valence-corrected chi connectivity index (χ2v) is 5.53. The maximum atomic E-state index is 11.2. The van der Waals surface area contributed by atoms with Crippen LogP contribution in [-0.4, -0.2) is 13.0 Å². The number of fused-ring (bicyclic) bond motifs is 1. The van der Waals surface area contributed by atoms with Crippen LogP contribution in [-0.2, 0) is 6.42 Å². The minimum atomic E-state index is -0.367. The molecule has 0 spiro atoms. The monoisotopic (exact) mass is 321 g/mol. The van der Waals surface area contributed by atoms with Crippen LogP contribution in [0.5, 0.6) is 0 Å². The molecule has 5 heteroatoms. The van der Waals surface area contributed by atoms with E-state index in [-0.39, 0.29) is 5.63 Å². The van der Waals surface area contributed by atoms with Crippen LogP contribution in [0, 0.1) is 0 Å². The van der Waals surface area contributed by atoms with E-state index < -0.39 is 0 Å². The topological polar surface area (TPSA) is 71.8 Å². The van der Waals surface area contributed by atoms with Gasteiger partial charge in [0.15, 0.2) is 0 Å². The largest absolute Gasteiger partial charge is 0.423 e. The zero-order chi connectivity index (χ0) is 17.1. The van der Waals surface area contributed by atoms with E-state index in [1.165, 1.54) is 11.6 Å². The van der Waals surface area contributed by atoms with Crippen molar-refractivity contribution in [2.75, 3.05) is 11.9 Å². The lowest BCUT2D eigenvalue weighted by Crippen LogP contribution is -2.33. The Morgan fingerprint density at radius 2 is 2.00 bits per heavy atom. The SMILES string of the molecule is CCc1cccc(N(C)C(N)=Nc2ccc3oc(=O)ccc3c2)c1. The number of rotatable bonds is 3. The van der Waals surface area contributed by atoms with Crippen LogP contribution in [0.1, 0.15) is 12.5 Å². The van der Waals surface area contributed by atoms with E-state index in [9.17, 15) is 4.79 Å². The number of hydrogen-bond acceptors (Lipinski definition) is 3. The first-order valence-corrected chi connectivity index (χ1v) is 7.77. The molecule has 0 aliphatic carbocycles. The van der Waals surface area contributed by atoms with Crippen LogP contribution in [0.3, 0.4) is 0 Å². The van der Waals surface area contributed by atoms with Gasteiger partial charge in [-0.25, -0.2) is 9.79 Å². The molecule has 1 aromatic heterocycles. The Labute approximate surface area is 140 Å². The molecule has 0 fully saturated rings. The summed E-state index contributed by atoms with van der Waals surface area (Å²) in [5.74, 6) is 0.389. The molecule has 122 valence electrons. The van der Waals surface area contributed by atoms with E-state index in [0.29, 0.717) is 17.2 Å². The Morgan fingerprint density at radius 1 is 1.17 bits per heavy atom. The predicted molar refractivity (Wildman–Crippen MR) is 98.0 cm³/mol. The van der Waals surface area contributed by atoms with E-state index in [2.05, 4.69) is 24.0 Å². The normalized spacial score (nSPS) is 11.7. The maximum absolute atomic E-state index is 11.2. The molecule has 3 aromatic rings. The summed E-state index contributed by atoms with van der Waals surface area (Å²) in [5.41, 5.74) is 9.24. The van der Waals surface area contributed by atoms with Crippen LogP contribution >= 0.6 is 0 Å². The molecule has 2 N–H and O–H groups in total. The van der Waals surface area contributed by atoms with Gasteiger partial charge < -0.3 is 15.1 Å². The third-order valence-corrected chi connectivity index (χ3v) is 3.90. The average Bonchev–Trinajstić information content (AvgIpc) is 2.61. The van der Waals surface area contributed by atoms with Crippen molar-refractivity contribution in [1.29, 1.82) is 0 Å². The number of guanidine groups is 1. The molecule has 0 aliphatic rings. The van der Waals surface area contributed by atoms with Gasteiger partial charge in [-0.15, -0.1) is 0 Å². The Bertz CT molecular complexity index is 960. The highest BCUT2D eigenvalue weighted by atomic mass is 16.4. The minimum Gasteiger partial charge on any atom is -0.423 e. The van der Waals surface area contributed by atoms with E-state index in [0.717, 1.165) is 17.5 Å². The molecular weight excluding hydrogens is 302 g/mol. The van der Waals surface area contributed by atoms with Gasteiger partial charge in [-0.3, -0.25) is 0 Å². The number of benzene rings is 2. The highest BCUT2D eigenvalue weighted by Crippen LogP contribution is 2.21. The quantitative estimate of drug-likeness (QED) is 0.456. The summed E-state index contributed by atoms with van der Waals surface area (Å²) in [6.45, 7) is 2.12. The number of aliphatic imine (C=N–C) groups is 1. The molecule has 0 unspecified atom stereocenters. The molecule has 0 saturated carbocycles. The molecule has 5 nitrogen and oxygen atoms in total. The molecule has 3 rings (SSSR count). The van der Waals surface area contributed by atoms with Crippen molar-refractivity contribution < 1.29 is 4.42 Å². The second kappa shape index (κ2) is 6.58. The summed E-state index contributed by atoms with van der Waals surface area (Å²) in [5, 5.41) is 0.805. The summed E-state index contributed by atoms with van der Waals surface area (Å²) in [6.07, 6.45) is 0.967. The standard InChI is InChI=1S/C19H19N3O2/c1-3-13-5-4-6-16(11-13)22(2)19(20)21-15-8-9-17-14(12-15)7-10-18(23)24-17/h4-12H,3H2,1-2H3,(H2,20,21). The molecule has 24 heavy (non-hydrogen) atoms. The van der Waals surface area contributed by atoms with Gasteiger partial charge in [0.25, 0.3) is 0 Å². The number of nitrogens with zero attached hydrogens (tertiary/aromatic N) is 2. The Balaban J connectivity index is 1.91. The molecule has 1 heterocycles. The summed E-state index contributed by atoms with van der Waals surface area (Å²) in [6, 6.07) is 16.6. The first-order valence-electron chi connectivity index (χ1n) is 7.77. The molecule has 0 bridgehead atoms. The van der Waals surface area contributed by atoms with Crippen LogP contribution in [0.15, 0.2) is 68.8 Å². The number of nitrogens with two attached hydrogens (primary N) is 1. The molecule has 0 saturated heterocycles. The third kappa shape index (κ3) is 3.30. The lowest BCUT2D eigenvalue weighted by molar-refractivity contribution is 0.561. The van der Waals surface area contributed by atoms with Crippen molar-refractivity contribution >= 4 is 28.3 Å². The van der Waals surface area contributed by atoms with Crippen LogP contribution in [0.2, 0.25) is 0 Å². The van der Waals surface area contributed by atoms with E-state index >= 15 is 0 Å². The fourth-order valence-electron chi connectivity index (χ4n) is 2.45. The zero-order valence-corrected chi connectivity index (χ0v) is 13.7. The van der Waals surface area contributed by atoms with Gasteiger partial charge in [0.2, 0.25) is 5.96 Å². The van der Waals surface area contributed by atoms with Crippen LogP contribution < -0.4 is 16.3 Å². The van der Waals surface area contributed by atoms with Gasteiger partial charge in [0.05, 0.1) is 5.69 Å². The van der Waals surface area contributed by atoms with E-state index in [1.807, 2.05) is 30.1 Å². The second-order valence-electron chi connectivity index (χ2n) is 5.53. The predicted octanol–water partition coefficient (Wildman–Crippen LogP) is 3.44. The summed E-state index contributed by atoms with van der Waals surface area (Å²) in [7, 11) is 1.88. The van der Waals surface area contributed by atoms with Crippen molar-refractivity contribution in [2.24, 2.45) is 10.7 Å². The fourth-order valence-corrected chi connectivity index (χ4v) is 2.45. The molecule has 0 atom stereocenters. The van der Waals surface area contributed by atoms with Gasteiger partial charge >= 0.3 is 5.63 Å². The Morgan fingerprint density at radius 3 is 2.79 bits per heavy atom. The highest BCUT2D eigenvalue weighted by Gasteiger charge is 2.06. The molecular formula is C19H19N3O2. The summed E-state index contributed by atoms with van der Waals surface area (Å²) in [4.78, 5) is 17.5. The van der Waals surface area contributed by atoms with Gasteiger partial charge in [-0.2, -0.15) is 0 Å². The van der Waals surface area contributed by atoms with Crippen LogP contribution in [0.4, 0.5) is 11.4 Å². The van der Waals surface area contributed by atoms with Crippen molar-refractivity contribution in [1.82, 2.24) is 0 Å². The van der Waals surface area contributed by atoms with Gasteiger partial charge in [-0.05, 0) is 48.4 Å². The third-order valence-electron chi connectivity index (χ3n) is 3.90. The lowest BCUT2D eigenvalue weighted by Gasteiger charge is -2.19. The molecule has 0 radical (unpaired) electrons. The number of anilines is 1. The number of hydrogen-bond donors (Lipinski definition) is 1.